The Bertz CT molecular complexity index is 292. The molecule has 66 valence electrons. The van der Waals surface area contributed by atoms with Crippen LogP contribution in [0.3, 0.4) is 0 Å². The third kappa shape index (κ3) is 1.78. The van der Waals surface area contributed by atoms with Crippen LogP contribution in [-0.2, 0) is 0 Å². The van der Waals surface area contributed by atoms with Crippen LogP contribution in [0.4, 0.5) is 4.39 Å². The van der Waals surface area contributed by atoms with Crippen molar-refractivity contribution in [3.8, 4) is 0 Å². The highest BCUT2D eigenvalue weighted by Crippen LogP contribution is 2.24. The van der Waals surface area contributed by atoms with Crippen LogP contribution in [-0.4, -0.2) is 0 Å². The number of hydrogen-bond donors (Lipinski definition) is 0. The third-order valence-electron chi connectivity index (χ3n) is 1.93. The first-order valence-electron chi connectivity index (χ1n) is 3.98. The fourth-order valence-electron chi connectivity index (χ4n) is 1.28. The topological polar surface area (TPSA) is 0 Å². The second-order valence-corrected chi connectivity index (χ2v) is 3.68. The fourth-order valence-corrected chi connectivity index (χ4v) is 1.50. The van der Waals surface area contributed by atoms with Crippen molar-refractivity contribution in [2.75, 3.05) is 0 Å². The molecule has 0 aliphatic heterocycles. The molecule has 2 heteroatoms. The summed E-state index contributed by atoms with van der Waals surface area (Å²) in [7, 11) is 0. The van der Waals surface area contributed by atoms with Gasteiger partial charge in [-0.25, -0.2) is 4.39 Å². The zero-order chi connectivity index (χ0) is 9.30. The van der Waals surface area contributed by atoms with E-state index in [1.807, 2.05) is 20.8 Å². The molecule has 0 saturated heterocycles. The minimum Gasteiger partial charge on any atom is -0.205 e. The summed E-state index contributed by atoms with van der Waals surface area (Å²) in [5, 5.41) is 0.205. The Hall–Kier alpha value is -0.560. The van der Waals surface area contributed by atoms with E-state index in [1.165, 1.54) is 6.07 Å². The predicted octanol–water partition coefficient (Wildman–Crippen LogP) is 3.91. The molecular formula is C10H12ClF. The van der Waals surface area contributed by atoms with Crippen molar-refractivity contribution in [1.82, 2.24) is 0 Å². The molecule has 0 aromatic heterocycles. The molecule has 0 bridgehead atoms. The van der Waals surface area contributed by atoms with E-state index in [0.29, 0.717) is 5.92 Å². The Labute approximate surface area is 77.4 Å². The highest BCUT2D eigenvalue weighted by molar-refractivity contribution is 6.30. The summed E-state index contributed by atoms with van der Waals surface area (Å²) in [6.07, 6.45) is 0. The van der Waals surface area contributed by atoms with Crippen LogP contribution in [0.25, 0.3) is 0 Å². The summed E-state index contributed by atoms with van der Waals surface area (Å²) in [4.78, 5) is 0. The molecule has 0 aliphatic rings. The molecule has 0 nitrogen and oxygen atoms in total. The standard InChI is InChI=1S/C10H12ClF/c1-6(2)8-5-10(12)9(11)4-7(8)3/h4-6H,1-3H3. The summed E-state index contributed by atoms with van der Waals surface area (Å²) in [5.74, 6) is 0.0164. The van der Waals surface area contributed by atoms with Gasteiger partial charge >= 0.3 is 0 Å². The number of aryl methyl sites for hydroxylation is 1. The lowest BCUT2D eigenvalue weighted by Crippen LogP contribution is -1.93. The maximum absolute atomic E-state index is 13.0. The minimum absolute atomic E-state index is 0.205. The molecule has 0 fully saturated rings. The van der Waals surface area contributed by atoms with Gasteiger partial charge in [0.2, 0.25) is 0 Å². The largest absolute Gasteiger partial charge is 0.205 e. The summed E-state index contributed by atoms with van der Waals surface area (Å²) in [5.41, 5.74) is 2.08. The first-order chi connectivity index (χ1) is 5.52. The van der Waals surface area contributed by atoms with Gasteiger partial charge in [-0.15, -0.1) is 0 Å². The molecule has 1 rings (SSSR count). The van der Waals surface area contributed by atoms with Crippen LogP contribution in [0, 0.1) is 12.7 Å². The van der Waals surface area contributed by atoms with Crippen molar-refractivity contribution in [1.29, 1.82) is 0 Å². The molecule has 1 aromatic carbocycles. The summed E-state index contributed by atoms with van der Waals surface area (Å²) < 4.78 is 13.0. The molecule has 0 N–H and O–H groups in total. The van der Waals surface area contributed by atoms with Crippen LogP contribution < -0.4 is 0 Å². The monoisotopic (exact) mass is 186 g/mol. The van der Waals surface area contributed by atoms with Crippen LogP contribution in [0.5, 0.6) is 0 Å². The fraction of sp³-hybridized carbons (Fsp3) is 0.400. The van der Waals surface area contributed by atoms with Crippen molar-refractivity contribution < 1.29 is 4.39 Å². The van der Waals surface area contributed by atoms with E-state index in [4.69, 9.17) is 11.6 Å². The van der Waals surface area contributed by atoms with E-state index in [-0.39, 0.29) is 10.8 Å². The Morgan fingerprint density at radius 1 is 1.33 bits per heavy atom. The smallest absolute Gasteiger partial charge is 0.142 e. The van der Waals surface area contributed by atoms with Crippen molar-refractivity contribution >= 4 is 11.6 Å². The molecule has 0 saturated carbocycles. The van der Waals surface area contributed by atoms with E-state index in [2.05, 4.69) is 0 Å². The Kier molecular flexibility index (Phi) is 2.73. The normalized spacial score (nSPS) is 10.8. The zero-order valence-electron chi connectivity index (χ0n) is 7.49. The van der Waals surface area contributed by atoms with Gasteiger partial charge in [0, 0.05) is 0 Å². The lowest BCUT2D eigenvalue weighted by atomic mass is 9.98. The molecule has 12 heavy (non-hydrogen) atoms. The van der Waals surface area contributed by atoms with Gasteiger partial charge in [0.1, 0.15) is 5.82 Å². The SMILES string of the molecule is Cc1cc(Cl)c(F)cc1C(C)C. The first-order valence-corrected chi connectivity index (χ1v) is 4.35. The summed E-state index contributed by atoms with van der Waals surface area (Å²) in [6, 6.07) is 3.19. The van der Waals surface area contributed by atoms with E-state index in [0.717, 1.165) is 11.1 Å². The summed E-state index contributed by atoms with van der Waals surface area (Å²) in [6.45, 7) is 6.02. The first kappa shape index (κ1) is 9.53. The summed E-state index contributed by atoms with van der Waals surface area (Å²) >= 11 is 5.62. The number of halogens is 2. The quantitative estimate of drug-likeness (QED) is 0.624. The van der Waals surface area contributed by atoms with E-state index < -0.39 is 0 Å². The second-order valence-electron chi connectivity index (χ2n) is 3.28. The van der Waals surface area contributed by atoms with Crippen LogP contribution in [0.1, 0.15) is 30.9 Å². The van der Waals surface area contributed by atoms with E-state index >= 15 is 0 Å². The Morgan fingerprint density at radius 3 is 2.42 bits per heavy atom. The molecule has 0 spiro atoms. The maximum Gasteiger partial charge on any atom is 0.142 e. The van der Waals surface area contributed by atoms with Crippen molar-refractivity contribution in [3.05, 3.63) is 34.1 Å². The Morgan fingerprint density at radius 2 is 1.92 bits per heavy atom. The molecule has 0 radical (unpaired) electrons. The Balaban J connectivity index is 3.23. The van der Waals surface area contributed by atoms with Crippen LogP contribution >= 0.6 is 11.6 Å². The molecule has 1 aromatic rings. The molecule has 0 unspecified atom stereocenters. The average Bonchev–Trinajstić information content (AvgIpc) is 1.96. The van der Waals surface area contributed by atoms with Gasteiger partial charge in [-0.3, -0.25) is 0 Å². The van der Waals surface area contributed by atoms with E-state index in [1.54, 1.807) is 6.07 Å². The highest BCUT2D eigenvalue weighted by Gasteiger charge is 2.07. The average molecular weight is 187 g/mol. The van der Waals surface area contributed by atoms with E-state index in [9.17, 15) is 4.39 Å². The zero-order valence-corrected chi connectivity index (χ0v) is 8.24. The van der Waals surface area contributed by atoms with Crippen molar-refractivity contribution in [2.24, 2.45) is 0 Å². The number of rotatable bonds is 1. The highest BCUT2D eigenvalue weighted by atomic mass is 35.5. The predicted molar refractivity (Wildman–Crippen MR) is 50.2 cm³/mol. The van der Waals surface area contributed by atoms with Gasteiger partial charge < -0.3 is 0 Å². The van der Waals surface area contributed by atoms with Crippen molar-refractivity contribution in [2.45, 2.75) is 26.7 Å². The second kappa shape index (κ2) is 3.44. The van der Waals surface area contributed by atoms with Crippen LogP contribution in [0.15, 0.2) is 12.1 Å². The molecule has 0 atom stereocenters. The van der Waals surface area contributed by atoms with Gasteiger partial charge in [-0.05, 0) is 36.1 Å². The molecular weight excluding hydrogens is 175 g/mol. The van der Waals surface area contributed by atoms with Gasteiger partial charge in [-0.2, -0.15) is 0 Å². The van der Waals surface area contributed by atoms with Crippen molar-refractivity contribution in [3.63, 3.8) is 0 Å². The van der Waals surface area contributed by atoms with Gasteiger partial charge in [0.05, 0.1) is 5.02 Å². The number of hydrogen-bond acceptors (Lipinski definition) is 0. The third-order valence-corrected chi connectivity index (χ3v) is 2.22. The lowest BCUT2D eigenvalue weighted by molar-refractivity contribution is 0.623. The van der Waals surface area contributed by atoms with Gasteiger partial charge in [-0.1, -0.05) is 25.4 Å². The molecule has 0 heterocycles. The number of benzene rings is 1. The van der Waals surface area contributed by atoms with Gasteiger partial charge in [0.15, 0.2) is 0 Å². The van der Waals surface area contributed by atoms with Gasteiger partial charge in [0.25, 0.3) is 0 Å². The molecule has 0 amide bonds. The minimum atomic E-state index is -0.328. The lowest BCUT2D eigenvalue weighted by Gasteiger charge is -2.09. The molecule has 0 aliphatic carbocycles. The maximum atomic E-state index is 13.0. The van der Waals surface area contributed by atoms with Crippen LogP contribution in [0.2, 0.25) is 5.02 Å².